The van der Waals surface area contributed by atoms with Crippen molar-refractivity contribution in [1.82, 2.24) is 9.97 Å². The van der Waals surface area contributed by atoms with Gasteiger partial charge in [0.15, 0.2) is 5.15 Å². The van der Waals surface area contributed by atoms with Gasteiger partial charge in [0.05, 0.1) is 18.4 Å². The van der Waals surface area contributed by atoms with Crippen molar-refractivity contribution >= 4 is 11.6 Å². The molecule has 1 aromatic carbocycles. The van der Waals surface area contributed by atoms with Gasteiger partial charge in [-0.3, -0.25) is 0 Å². The fourth-order valence-corrected chi connectivity index (χ4v) is 2.02. The van der Waals surface area contributed by atoms with Crippen molar-refractivity contribution in [3.63, 3.8) is 0 Å². The molecule has 1 aromatic heterocycles. The highest BCUT2D eigenvalue weighted by Crippen LogP contribution is 2.30. The topological polar surface area (TPSA) is 63.9 Å². The highest BCUT2D eigenvalue weighted by atomic mass is 35.5. The Morgan fingerprint density at radius 1 is 1.44 bits per heavy atom. The number of aromatic amines is 1. The molecule has 0 atom stereocenters. The third-order valence-corrected chi connectivity index (χ3v) is 3.17. The number of hydrogen-bond acceptors (Lipinski definition) is 3. The Bertz CT molecular complexity index is 551. The molecule has 0 fully saturated rings. The normalized spacial score (nSPS) is 10.7. The van der Waals surface area contributed by atoms with Crippen LogP contribution in [0.4, 0.5) is 0 Å². The standard InChI is InChI=1S/C13H16ClN3O/c1-3-8-4-5-11(18-2)9(6-8)13-16-10(7-15)12(14)17-13/h4-6H,3,7,15H2,1-2H3,(H,16,17). The second kappa shape index (κ2) is 5.42. The molecule has 0 radical (unpaired) electrons. The zero-order chi connectivity index (χ0) is 13.1. The number of ether oxygens (including phenoxy) is 1. The summed E-state index contributed by atoms with van der Waals surface area (Å²) < 4.78 is 5.35. The summed E-state index contributed by atoms with van der Waals surface area (Å²) in [5.74, 6) is 1.45. The molecular weight excluding hydrogens is 250 g/mol. The van der Waals surface area contributed by atoms with Gasteiger partial charge in [-0.25, -0.2) is 4.98 Å². The molecule has 2 aromatic rings. The van der Waals surface area contributed by atoms with Crippen LogP contribution < -0.4 is 10.5 Å². The number of rotatable bonds is 4. The third-order valence-electron chi connectivity index (χ3n) is 2.86. The average molecular weight is 266 g/mol. The number of nitrogens with zero attached hydrogens (tertiary/aromatic N) is 1. The average Bonchev–Trinajstić information content (AvgIpc) is 2.79. The summed E-state index contributed by atoms with van der Waals surface area (Å²) in [7, 11) is 1.64. The molecule has 0 aliphatic carbocycles. The van der Waals surface area contributed by atoms with Gasteiger partial charge in [-0.15, -0.1) is 0 Å². The fraction of sp³-hybridized carbons (Fsp3) is 0.308. The molecule has 0 aliphatic heterocycles. The van der Waals surface area contributed by atoms with Crippen LogP contribution in [0.15, 0.2) is 18.2 Å². The minimum Gasteiger partial charge on any atom is -0.496 e. The summed E-state index contributed by atoms with van der Waals surface area (Å²) in [6.07, 6.45) is 0.954. The first-order valence-electron chi connectivity index (χ1n) is 5.81. The molecular formula is C13H16ClN3O. The van der Waals surface area contributed by atoms with Crippen LogP contribution in [0.3, 0.4) is 0 Å². The molecule has 0 aliphatic rings. The molecule has 0 unspecified atom stereocenters. The van der Waals surface area contributed by atoms with Crippen molar-refractivity contribution in [3.05, 3.63) is 34.6 Å². The van der Waals surface area contributed by atoms with Crippen molar-refractivity contribution in [2.24, 2.45) is 5.73 Å². The first kappa shape index (κ1) is 12.9. The number of benzene rings is 1. The number of aromatic nitrogens is 2. The smallest absolute Gasteiger partial charge is 0.152 e. The van der Waals surface area contributed by atoms with E-state index >= 15 is 0 Å². The SMILES string of the molecule is CCc1ccc(OC)c(-c2nc(Cl)c(CN)[nH]2)c1. The quantitative estimate of drug-likeness (QED) is 0.893. The molecule has 0 bridgehead atoms. The number of hydrogen-bond donors (Lipinski definition) is 2. The Labute approximate surface area is 111 Å². The molecule has 3 N–H and O–H groups in total. The lowest BCUT2D eigenvalue weighted by molar-refractivity contribution is 0.416. The molecule has 0 spiro atoms. The lowest BCUT2D eigenvalue weighted by Crippen LogP contribution is -1.97. The first-order valence-corrected chi connectivity index (χ1v) is 6.19. The fourth-order valence-electron chi connectivity index (χ4n) is 1.81. The van der Waals surface area contributed by atoms with Crippen molar-refractivity contribution in [3.8, 4) is 17.1 Å². The van der Waals surface area contributed by atoms with Gasteiger partial charge >= 0.3 is 0 Å². The second-order valence-electron chi connectivity index (χ2n) is 3.95. The zero-order valence-electron chi connectivity index (χ0n) is 10.5. The minimum absolute atomic E-state index is 0.335. The Morgan fingerprint density at radius 2 is 2.22 bits per heavy atom. The van der Waals surface area contributed by atoms with E-state index in [0.717, 1.165) is 23.4 Å². The summed E-state index contributed by atoms with van der Waals surface area (Å²) in [4.78, 5) is 7.41. The predicted molar refractivity (Wildman–Crippen MR) is 72.9 cm³/mol. The number of methoxy groups -OCH3 is 1. The summed E-state index contributed by atoms with van der Waals surface area (Å²) in [5, 5.41) is 0.413. The molecule has 1 heterocycles. The van der Waals surface area contributed by atoms with Crippen LogP contribution in [-0.4, -0.2) is 17.1 Å². The molecule has 5 heteroatoms. The van der Waals surface area contributed by atoms with E-state index in [4.69, 9.17) is 22.1 Å². The number of H-pyrrole nitrogens is 1. The van der Waals surface area contributed by atoms with Gasteiger partial charge in [0.1, 0.15) is 11.6 Å². The largest absolute Gasteiger partial charge is 0.496 e. The van der Waals surface area contributed by atoms with Crippen LogP contribution in [0.5, 0.6) is 5.75 Å². The Balaban J connectivity index is 2.53. The van der Waals surface area contributed by atoms with Crippen molar-refractivity contribution in [2.75, 3.05) is 7.11 Å². The van der Waals surface area contributed by atoms with Crippen molar-refractivity contribution in [1.29, 1.82) is 0 Å². The molecule has 0 saturated carbocycles. The third kappa shape index (κ3) is 2.35. The van der Waals surface area contributed by atoms with E-state index in [1.165, 1.54) is 5.56 Å². The molecule has 4 nitrogen and oxygen atoms in total. The summed E-state index contributed by atoms with van der Waals surface area (Å²) in [6, 6.07) is 6.03. The maximum atomic E-state index is 6.00. The van der Waals surface area contributed by atoms with Gasteiger partial charge in [-0.1, -0.05) is 24.6 Å². The molecule has 2 rings (SSSR count). The number of nitrogens with two attached hydrogens (primary N) is 1. The van der Waals surface area contributed by atoms with Crippen LogP contribution in [-0.2, 0) is 13.0 Å². The van der Waals surface area contributed by atoms with E-state index in [-0.39, 0.29) is 0 Å². The highest BCUT2D eigenvalue weighted by Gasteiger charge is 2.13. The van der Waals surface area contributed by atoms with E-state index in [1.54, 1.807) is 7.11 Å². The number of imidazole rings is 1. The number of halogens is 1. The summed E-state index contributed by atoms with van der Waals surface area (Å²) in [5.41, 5.74) is 8.43. The Morgan fingerprint density at radius 3 is 2.78 bits per heavy atom. The van der Waals surface area contributed by atoms with Crippen molar-refractivity contribution in [2.45, 2.75) is 19.9 Å². The number of nitrogens with one attached hydrogen (secondary N) is 1. The molecule has 18 heavy (non-hydrogen) atoms. The van der Waals surface area contributed by atoms with E-state index in [9.17, 15) is 0 Å². The second-order valence-corrected chi connectivity index (χ2v) is 4.31. The predicted octanol–water partition coefficient (Wildman–Crippen LogP) is 2.76. The van der Waals surface area contributed by atoms with E-state index < -0.39 is 0 Å². The van der Waals surface area contributed by atoms with Crippen LogP contribution in [0, 0.1) is 0 Å². The van der Waals surface area contributed by atoms with Crippen molar-refractivity contribution < 1.29 is 4.74 Å². The van der Waals surface area contributed by atoms with Gasteiger partial charge in [-0.05, 0) is 24.1 Å². The minimum atomic E-state index is 0.335. The van der Waals surface area contributed by atoms with E-state index in [2.05, 4.69) is 16.9 Å². The monoisotopic (exact) mass is 265 g/mol. The highest BCUT2D eigenvalue weighted by molar-refractivity contribution is 6.30. The van der Waals surface area contributed by atoms with Crippen LogP contribution >= 0.6 is 11.6 Å². The maximum absolute atomic E-state index is 6.00. The van der Waals surface area contributed by atoms with E-state index in [1.807, 2.05) is 18.2 Å². The van der Waals surface area contributed by atoms with Crippen LogP contribution in [0.1, 0.15) is 18.2 Å². The maximum Gasteiger partial charge on any atom is 0.152 e. The zero-order valence-corrected chi connectivity index (χ0v) is 11.2. The Kier molecular flexibility index (Phi) is 3.89. The van der Waals surface area contributed by atoms with Gasteiger partial charge < -0.3 is 15.5 Å². The van der Waals surface area contributed by atoms with E-state index in [0.29, 0.717) is 17.5 Å². The molecule has 0 amide bonds. The first-order chi connectivity index (χ1) is 8.69. The van der Waals surface area contributed by atoms with Gasteiger partial charge in [0.2, 0.25) is 0 Å². The summed E-state index contributed by atoms with van der Waals surface area (Å²) >= 11 is 6.00. The van der Waals surface area contributed by atoms with Gasteiger partial charge in [0, 0.05) is 6.54 Å². The lowest BCUT2D eigenvalue weighted by Gasteiger charge is -2.08. The van der Waals surface area contributed by atoms with Crippen LogP contribution in [0.25, 0.3) is 11.4 Å². The molecule has 96 valence electrons. The van der Waals surface area contributed by atoms with Gasteiger partial charge in [-0.2, -0.15) is 0 Å². The molecule has 0 saturated heterocycles. The van der Waals surface area contributed by atoms with Crippen LogP contribution in [0.2, 0.25) is 5.15 Å². The number of aryl methyl sites for hydroxylation is 1. The lowest BCUT2D eigenvalue weighted by atomic mass is 10.1. The Hall–Kier alpha value is -1.52. The summed E-state index contributed by atoms with van der Waals surface area (Å²) in [6.45, 7) is 2.44. The van der Waals surface area contributed by atoms with Gasteiger partial charge in [0.25, 0.3) is 0 Å².